The highest BCUT2D eigenvalue weighted by atomic mass is 16.4. The van der Waals surface area contributed by atoms with Gasteiger partial charge in [-0.25, -0.2) is 0 Å². The fourth-order valence-electron chi connectivity index (χ4n) is 1.29. The van der Waals surface area contributed by atoms with Crippen molar-refractivity contribution < 1.29 is 9.90 Å². The van der Waals surface area contributed by atoms with Gasteiger partial charge >= 0.3 is 5.97 Å². The molecule has 0 heterocycles. The highest BCUT2D eigenvalue weighted by molar-refractivity contribution is 5.69. The normalized spacial score (nSPS) is 13.3. The van der Waals surface area contributed by atoms with Crippen LogP contribution < -0.4 is 0 Å². The van der Waals surface area contributed by atoms with E-state index >= 15 is 0 Å². The lowest BCUT2D eigenvalue weighted by atomic mass is 9.91. The molecule has 0 aliphatic carbocycles. The van der Waals surface area contributed by atoms with E-state index in [1.165, 1.54) is 0 Å². The molecule has 90 valence electrons. The van der Waals surface area contributed by atoms with Gasteiger partial charge in [0, 0.05) is 5.54 Å². The van der Waals surface area contributed by atoms with Crippen LogP contribution in [0.25, 0.3) is 0 Å². The maximum Gasteiger partial charge on any atom is 0.317 e. The first-order chi connectivity index (χ1) is 6.52. The monoisotopic (exact) mass is 215 g/mol. The summed E-state index contributed by atoms with van der Waals surface area (Å²) in [6.45, 7) is 13.6. The molecule has 3 heteroatoms. The van der Waals surface area contributed by atoms with Crippen molar-refractivity contribution in [2.24, 2.45) is 5.41 Å². The number of nitrogens with zero attached hydrogens (tertiary/aromatic N) is 1. The molecule has 0 rings (SSSR count). The summed E-state index contributed by atoms with van der Waals surface area (Å²) in [6, 6.07) is 0. The van der Waals surface area contributed by atoms with E-state index in [1.54, 1.807) is 0 Å². The second-order valence-electron chi connectivity index (χ2n) is 6.30. The van der Waals surface area contributed by atoms with Gasteiger partial charge in [0.05, 0.1) is 6.54 Å². The summed E-state index contributed by atoms with van der Waals surface area (Å²) in [5.41, 5.74) is 0.172. The van der Waals surface area contributed by atoms with Gasteiger partial charge in [-0.1, -0.05) is 20.8 Å². The van der Waals surface area contributed by atoms with Crippen LogP contribution in [0.15, 0.2) is 0 Å². The van der Waals surface area contributed by atoms with E-state index in [0.29, 0.717) is 0 Å². The quantitative estimate of drug-likeness (QED) is 0.783. The second kappa shape index (κ2) is 4.97. The predicted molar refractivity (Wildman–Crippen MR) is 63.0 cm³/mol. The van der Waals surface area contributed by atoms with Crippen LogP contribution in [-0.4, -0.2) is 34.6 Å². The van der Waals surface area contributed by atoms with E-state index in [2.05, 4.69) is 41.5 Å². The Hall–Kier alpha value is -0.570. The minimum atomic E-state index is -0.751. The molecule has 0 bridgehead atoms. The van der Waals surface area contributed by atoms with Crippen LogP contribution in [-0.2, 0) is 4.79 Å². The molecule has 0 aliphatic heterocycles. The summed E-state index contributed by atoms with van der Waals surface area (Å²) >= 11 is 0. The lowest BCUT2D eigenvalue weighted by Gasteiger charge is -2.36. The van der Waals surface area contributed by atoms with E-state index in [0.717, 1.165) is 13.0 Å². The molecule has 0 aromatic carbocycles. The van der Waals surface area contributed by atoms with Gasteiger partial charge in [0.15, 0.2) is 0 Å². The number of aliphatic carboxylic acids is 1. The van der Waals surface area contributed by atoms with Gasteiger partial charge in [-0.15, -0.1) is 0 Å². The Kier molecular flexibility index (Phi) is 4.78. The van der Waals surface area contributed by atoms with Gasteiger partial charge in [-0.3, -0.25) is 9.69 Å². The molecule has 0 radical (unpaired) electrons. The van der Waals surface area contributed by atoms with Gasteiger partial charge < -0.3 is 5.11 Å². The Labute approximate surface area is 93.5 Å². The topological polar surface area (TPSA) is 40.5 Å². The maximum atomic E-state index is 10.7. The lowest BCUT2D eigenvalue weighted by molar-refractivity contribution is -0.139. The minimum Gasteiger partial charge on any atom is -0.480 e. The third kappa shape index (κ3) is 7.37. The third-order valence-electron chi connectivity index (χ3n) is 2.41. The van der Waals surface area contributed by atoms with Gasteiger partial charge in [-0.2, -0.15) is 0 Å². The van der Waals surface area contributed by atoms with Crippen molar-refractivity contribution in [3.63, 3.8) is 0 Å². The summed E-state index contributed by atoms with van der Waals surface area (Å²) in [4.78, 5) is 12.8. The zero-order valence-electron chi connectivity index (χ0n) is 10.9. The molecular weight excluding hydrogens is 190 g/mol. The SMILES string of the molecule is CC(C)(C)CCN(CC(=O)O)C(C)(C)C. The number of hydrogen-bond donors (Lipinski definition) is 1. The molecule has 0 aromatic heterocycles. The number of carbonyl (C=O) groups is 1. The van der Waals surface area contributed by atoms with E-state index in [4.69, 9.17) is 5.11 Å². The molecule has 0 saturated carbocycles. The zero-order valence-corrected chi connectivity index (χ0v) is 10.9. The molecule has 0 saturated heterocycles. The van der Waals surface area contributed by atoms with E-state index in [-0.39, 0.29) is 17.5 Å². The molecule has 0 fully saturated rings. The smallest absolute Gasteiger partial charge is 0.317 e. The Morgan fingerprint density at radius 2 is 1.60 bits per heavy atom. The van der Waals surface area contributed by atoms with Gasteiger partial charge in [0.25, 0.3) is 0 Å². The van der Waals surface area contributed by atoms with Crippen molar-refractivity contribution in [3.8, 4) is 0 Å². The Morgan fingerprint density at radius 1 is 1.13 bits per heavy atom. The number of rotatable bonds is 4. The van der Waals surface area contributed by atoms with Crippen molar-refractivity contribution in [1.29, 1.82) is 0 Å². The molecule has 0 aromatic rings. The van der Waals surface area contributed by atoms with Gasteiger partial charge in [-0.05, 0) is 39.2 Å². The van der Waals surface area contributed by atoms with Crippen LogP contribution in [0.1, 0.15) is 48.0 Å². The molecule has 15 heavy (non-hydrogen) atoms. The lowest BCUT2D eigenvalue weighted by Crippen LogP contribution is -2.45. The van der Waals surface area contributed by atoms with Crippen LogP contribution in [0.2, 0.25) is 0 Å². The molecule has 0 spiro atoms. The average molecular weight is 215 g/mol. The van der Waals surface area contributed by atoms with Gasteiger partial charge in [0.1, 0.15) is 0 Å². The Morgan fingerprint density at radius 3 is 1.87 bits per heavy atom. The van der Waals surface area contributed by atoms with Crippen LogP contribution >= 0.6 is 0 Å². The summed E-state index contributed by atoms with van der Waals surface area (Å²) in [5, 5.41) is 8.83. The zero-order chi connectivity index (χ0) is 12.3. The number of carboxylic acid groups (broad SMARTS) is 1. The van der Waals surface area contributed by atoms with Gasteiger partial charge in [0.2, 0.25) is 0 Å². The van der Waals surface area contributed by atoms with Crippen molar-refractivity contribution in [3.05, 3.63) is 0 Å². The van der Waals surface area contributed by atoms with E-state index in [9.17, 15) is 4.79 Å². The summed E-state index contributed by atoms with van der Waals surface area (Å²) < 4.78 is 0. The first kappa shape index (κ1) is 14.4. The van der Waals surface area contributed by atoms with E-state index < -0.39 is 5.97 Å². The fourth-order valence-corrected chi connectivity index (χ4v) is 1.29. The van der Waals surface area contributed by atoms with Crippen molar-refractivity contribution >= 4 is 5.97 Å². The molecule has 0 amide bonds. The van der Waals surface area contributed by atoms with E-state index in [1.807, 2.05) is 4.90 Å². The average Bonchev–Trinajstić information content (AvgIpc) is 1.93. The molecule has 1 N–H and O–H groups in total. The highest BCUT2D eigenvalue weighted by Gasteiger charge is 2.24. The summed E-state index contributed by atoms with van der Waals surface area (Å²) in [7, 11) is 0. The second-order valence-corrected chi connectivity index (χ2v) is 6.30. The van der Waals surface area contributed by atoms with Crippen molar-refractivity contribution in [2.45, 2.75) is 53.5 Å². The number of hydrogen-bond acceptors (Lipinski definition) is 2. The van der Waals surface area contributed by atoms with Crippen LogP contribution in [0.4, 0.5) is 0 Å². The maximum absolute atomic E-state index is 10.7. The Balaban J connectivity index is 4.33. The molecule has 0 aliphatic rings. The first-order valence-electron chi connectivity index (χ1n) is 5.49. The minimum absolute atomic E-state index is 0.0797. The predicted octanol–water partition coefficient (Wildman–Crippen LogP) is 2.61. The summed E-state index contributed by atoms with van der Waals surface area (Å²) in [5.74, 6) is -0.751. The van der Waals surface area contributed by atoms with Crippen molar-refractivity contribution in [1.82, 2.24) is 4.90 Å². The van der Waals surface area contributed by atoms with Crippen LogP contribution in [0, 0.1) is 5.41 Å². The van der Waals surface area contributed by atoms with Crippen LogP contribution in [0.3, 0.4) is 0 Å². The Bertz CT molecular complexity index is 211. The van der Waals surface area contributed by atoms with Crippen LogP contribution in [0.5, 0.6) is 0 Å². The molecule has 3 nitrogen and oxygen atoms in total. The first-order valence-corrected chi connectivity index (χ1v) is 5.49. The molecule has 0 atom stereocenters. The number of carboxylic acids is 1. The highest BCUT2D eigenvalue weighted by Crippen LogP contribution is 2.22. The molecule has 0 unspecified atom stereocenters. The fraction of sp³-hybridized carbons (Fsp3) is 0.917. The standard InChI is InChI=1S/C12H25NO2/c1-11(2,3)7-8-13(9-10(14)15)12(4,5)6/h7-9H2,1-6H3,(H,14,15). The molecular formula is C12H25NO2. The largest absolute Gasteiger partial charge is 0.480 e. The summed E-state index contributed by atoms with van der Waals surface area (Å²) in [6.07, 6.45) is 1.01. The van der Waals surface area contributed by atoms with Crippen molar-refractivity contribution in [2.75, 3.05) is 13.1 Å². The third-order valence-corrected chi connectivity index (χ3v) is 2.41.